The highest BCUT2D eigenvalue weighted by Gasteiger charge is 2.36. The molecule has 2 aromatic heterocycles. The lowest BCUT2D eigenvalue weighted by Crippen LogP contribution is -2.60. The van der Waals surface area contributed by atoms with E-state index in [1.165, 1.54) is 4.90 Å². The van der Waals surface area contributed by atoms with Gasteiger partial charge in [-0.15, -0.1) is 0 Å². The van der Waals surface area contributed by atoms with Gasteiger partial charge in [-0.2, -0.15) is 10.2 Å². The van der Waals surface area contributed by atoms with Crippen LogP contribution < -0.4 is 15.5 Å². The number of nitriles is 1. The Morgan fingerprint density at radius 1 is 1.16 bits per heavy atom. The maximum absolute atomic E-state index is 13.9. The number of aromatic nitrogens is 2. The molecule has 2 aliphatic rings. The van der Waals surface area contributed by atoms with Gasteiger partial charge in [-0.3, -0.25) is 9.69 Å². The Hall–Kier alpha value is -4.11. The molecule has 2 aliphatic heterocycles. The Balaban J connectivity index is 1.51. The number of anilines is 3. The molecular formula is C32H33Cl2FN8O2. The first-order valence-corrected chi connectivity index (χ1v) is 15.6. The second-order valence-corrected chi connectivity index (χ2v) is 12.1. The Morgan fingerprint density at radius 3 is 2.60 bits per heavy atom. The highest BCUT2D eigenvalue weighted by atomic mass is 35.5. The number of benzene rings is 2. The van der Waals surface area contributed by atoms with Crippen LogP contribution >= 0.6 is 23.2 Å². The number of furan rings is 1. The molecule has 45 heavy (non-hydrogen) atoms. The summed E-state index contributed by atoms with van der Waals surface area (Å²) in [6.07, 6.45) is 1.62. The number of piperazine rings is 1. The van der Waals surface area contributed by atoms with E-state index in [0.717, 1.165) is 37.1 Å². The second kappa shape index (κ2) is 12.4. The summed E-state index contributed by atoms with van der Waals surface area (Å²) in [6, 6.07) is 9.14. The predicted molar refractivity (Wildman–Crippen MR) is 176 cm³/mol. The minimum absolute atomic E-state index is 0.0259. The molecule has 4 heterocycles. The Bertz CT molecular complexity index is 1850. The maximum atomic E-state index is 13.9. The van der Waals surface area contributed by atoms with Crippen LogP contribution in [0.3, 0.4) is 0 Å². The van der Waals surface area contributed by atoms with Gasteiger partial charge in [-0.25, -0.2) is 9.37 Å². The number of hydrogen-bond acceptors (Lipinski definition) is 9. The van der Waals surface area contributed by atoms with E-state index in [-0.39, 0.29) is 19.5 Å². The third-order valence-electron chi connectivity index (χ3n) is 8.79. The van der Waals surface area contributed by atoms with Gasteiger partial charge in [0.2, 0.25) is 5.95 Å². The van der Waals surface area contributed by atoms with E-state index < -0.39 is 17.8 Å². The fraction of sp³-hybridized carbons (Fsp3) is 0.375. The second-order valence-electron chi connectivity index (χ2n) is 11.3. The first-order valence-electron chi connectivity index (χ1n) is 14.9. The van der Waals surface area contributed by atoms with Gasteiger partial charge >= 0.3 is 0 Å². The molecule has 10 nitrogen and oxygen atoms in total. The van der Waals surface area contributed by atoms with Crippen LogP contribution in [0.2, 0.25) is 10.0 Å². The molecule has 2 fully saturated rings. The zero-order valence-corrected chi connectivity index (χ0v) is 26.6. The number of hydrogen-bond donors (Lipinski definition) is 1. The number of nitrogens with zero attached hydrogens (tertiary/aromatic N) is 7. The minimum atomic E-state index is -1.05. The molecule has 234 valence electrons. The van der Waals surface area contributed by atoms with E-state index in [1.54, 1.807) is 18.4 Å². The Kier molecular flexibility index (Phi) is 8.48. The summed E-state index contributed by atoms with van der Waals surface area (Å²) >= 11 is 13.1. The van der Waals surface area contributed by atoms with Crippen LogP contribution in [0.4, 0.5) is 21.8 Å². The molecule has 1 amide bonds. The molecule has 0 radical (unpaired) electrons. The normalized spacial score (nSPS) is 17.3. The average molecular weight is 652 g/mol. The maximum Gasteiger partial charge on any atom is 0.282 e. The third-order valence-corrected chi connectivity index (χ3v) is 9.59. The Morgan fingerprint density at radius 2 is 1.91 bits per heavy atom. The average Bonchev–Trinajstić information content (AvgIpc) is 3.49. The van der Waals surface area contributed by atoms with Crippen molar-refractivity contribution in [2.24, 2.45) is 0 Å². The fourth-order valence-corrected chi connectivity index (χ4v) is 6.88. The number of carbonyl (C=O) groups is 1. The summed E-state index contributed by atoms with van der Waals surface area (Å²) in [5.41, 5.74) is 9.22. The van der Waals surface area contributed by atoms with Crippen LogP contribution in [-0.4, -0.2) is 83.6 Å². The number of likely N-dealkylation sites (N-methyl/N-ethyl adjacent to an activating group) is 1. The Labute approximate surface area is 270 Å². The summed E-state index contributed by atoms with van der Waals surface area (Å²) in [4.78, 5) is 30.7. The van der Waals surface area contributed by atoms with E-state index in [4.69, 9.17) is 43.3 Å². The van der Waals surface area contributed by atoms with Crippen LogP contribution in [-0.2, 0) is 4.79 Å². The van der Waals surface area contributed by atoms with E-state index in [9.17, 15) is 14.4 Å². The van der Waals surface area contributed by atoms with Crippen molar-refractivity contribution in [2.45, 2.75) is 32.4 Å². The summed E-state index contributed by atoms with van der Waals surface area (Å²) in [7, 11) is 0. The molecule has 2 N–H and O–H groups in total. The first kappa shape index (κ1) is 30.9. The van der Waals surface area contributed by atoms with E-state index in [1.807, 2.05) is 17.0 Å². The van der Waals surface area contributed by atoms with Crippen molar-refractivity contribution in [3.05, 3.63) is 53.0 Å². The van der Waals surface area contributed by atoms with Gasteiger partial charge in [-0.1, -0.05) is 43.6 Å². The monoisotopic (exact) mass is 650 g/mol. The molecule has 0 unspecified atom stereocenters. The minimum Gasteiger partial charge on any atom is -0.463 e. The SMILES string of the molecule is C=C(F)C(=O)N1CCN(c2nc(N3CC(N(CC)CC)C3)nc3cc(-c4cc(N)cc(Cl)c4Cl)c4ccoc4c23)C[C@@H]1CC#N. The summed E-state index contributed by atoms with van der Waals surface area (Å²) < 4.78 is 20.0. The lowest BCUT2D eigenvalue weighted by Gasteiger charge is -2.45. The smallest absolute Gasteiger partial charge is 0.282 e. The summed E-state index contributed by atoms with van der Waals surface area (Å²) in [5.74, 6) is -0.686. The van der Waals surface area contributed by atoms with E-state index in [0.29, 0.717) is 62.1 Å². The third kappa shape index (κ3) is 5.52. The largest absolute Gasteiger partial charge is 0.463 e. The molecule has 0 spiro atoms. The van der Waals surface area contributed by atoms with E-state index >= 15 is 0 Å². The lowest BCUT2D eigenvalue weighted by molar-refractivity contribution is -0.131. The number of nitrogen functional groups attached to an aromatic ring is 1. The highest BCUT2D eigenvalue weighted by Crippen LogP contribution is 2.44. The van der Waals surface area contributed by atoms with Crippen LogP contribution in [0.1, 0.15) is 20.3 Å². The fourth-order valence-electron chi connectivity index (χ4n) is 6.45. The molecule has 0 aliphatic carbocycles. The van der Waals surface area contributed by atoms with Crippen molar-refractivity contribution in [1.29, 1.82) is 5.26 Å². The van der Waals surface area contributed by atoms with Crippen molar-refractivity contribution in [3.8, 4) is 17.2 Å². The zero-order valence-electron chi connectivity index (χ0n) is 25.1. The van der Waals surface area contributed by atoms with Gasteiger partial charge in [-0.05, 0) is 42.9 Å². The number of rotatable bonds is 8. The molecule has 0 bridgehead atoms. The summed E-state index contributed by atoms with van der Waals surface area (Å²) in [6.45, 7) is 11.8. The van der Waals surface area contributed by atoms with Crippen LogP contribution in [0, 0.1) is 11.3 Å². The quantitative estimate of drug-likeness (QED) is 0.184. The van der Waals surface area contributed by atoms with Crippen molar-refractivity contribution in [1.82, 2.24) is 19.8 Å². The lowest BCUT2D eigenvalue weighted by atomic mass is 9.98. The predicted octanol–water partition coefficient (Wildman–Crippen LogP) is 5.88. The number of fused-ring (bicyclic) bond motifs is 3. The van der Waals surface area contributed by atoms with Gasteiger partial charge in [0.1, 0.15) is 11.4 Å². The molecule has 2 saturated heterocycles. The first-order chi connectivity index (χ1) is 21.6. The van der Waals surface area contributed by atoms with Crippen LogP contribution in [0.25, 0.3) is 33.0 Å². The van der Waals surface area contributed by atoms with Gasteiger partial charge in [0, 0.05) is 55.4 Å². The van der Waals surface area contributed by atoms with Crippen molar-refractivity contribution < 1.29 is 13.6 Å². The number of nitrogens with two attached hydrogens (primary N) is 1. The van der Waals surface area contributed by atoms with Crippen molar-refractivity contribution in [2.75, 3.05) is 61.3 Å². The molecule has 6 rings (SSSR count). The molecular weight excluding hydrogens is 618 g/mol. The van der Waals surface area contributed by atoms with Gasteiger partial charge < -0.3 is 24.9 Å². The standard InChI is InChI=1S/C32H33Cl2FN8O2/c1-4-40(5-2)21-16-42(17-21)32-38-26-14-23(24-12-19(37)13-25(33)28(24)34)22-7-11-45-29(22)27(26)30(39-32)41-9-10-43(31(44)18(3)35)20(15-41)6-8-36/h7,11-14,20-21H,3-6,9-10,15-17,37H2,1-2H3/t20-/m0/s1. The van der Waals surface area contributed by atoms with E-state index in [2.05, 4.69) is 36.3 Å². The van der Waals surface area contributed by atoms with Crippen LogP contribution in [0.15, 0.2) is 47.4 Å². The van der Waals surface area contributed by atoms with Crippen molar-refractivity contribution in [3.63, 3.8) is 0 Å². The van der Waals surface area contributed by atoms with Gasteiger partial charge in [0.05, 0.1) is 45.7 Å². The number of amides is 1. The molecule has 4 aromatic rings. The van der Waals surface area contributed by atoms with Gasteiger partial charge in [0.15, 0.2) is 5.83 Å². The number of carbonyl (C=O) groups excluding carboxylic acids is 1. The molecule has 1 atom stereocenters. The van der Waals surface area contributed by atoms with Crippen molar-refractivity contribution >= 4 is 68.4 Å². The summed E-state index contributed by atoms with van der Waals surface area (Å²) in [5, 5.41) is 11.7. The number of halogens is 3. The molecule has 13 heteroatoms. The van der Waals surface area contributed by atoms with Crippen LogP contribution in [0.5, 0.6) is 0 Å². The molecule has 0 saturated carbocycles. The topological polar surface area (TPSA) is 119 Å². The van der Waals surface area contributed by atoms with Gasteiger partial charge in [0.25, 0.3) is 5.91 Å². The molecule has 2 aromatic carbocycles. The highest BCUT2D eigenvalue weighted by molar-refractivity contribution is 6.44. The zero-order chi connectivity index (χ0) is 32.0.